The van der Waals surface area contributed by atoms with Gasteiger partial charge in [0.15, 0.2) is 0 Å². The van der Waals surface area contributed by atoms with Gasteiger partial charge >= 0.3 is 0 Å². The van der Waals surface area contributed by atoms with E-state index in [1.54, 1.807) is 19.1 Å². The molecule has 0 atom stereocenters. The fraction of sp³-hybridized carbons (Fsp3) is 0.0769. The molecule has 21 heavy (non-hydrogen) atoms. The Morgan fingerprint density at radius 3 is 2.48 bits per heavy atom. The number of benzene rings is 2. The van der Waals surface area contributed by atoms with E-state index in [9.17, 15) is 8.42 Å². The molecule has 112 valence electrons. The standard InChI is InChI=1S/C13H11Cl3N2O2S/c1-7-10(17)5-8(14)6-12(7)21(19,20)18-11-4-2-3-9(15)13(11)16/h2-6,18H,17H2,1H3. The van der Waals surface area contributed by atoms with E-state index in [-0.39, 0.29) is 25.7 Å². The van der Waals surface area contributed by atoms with Gasteiger partial charge in [-0.2, -0.15) is 0 Å². The molecule has 0 heterocycles. The second-order valence-corrected chi connectivity index (χ2v) is 7.20. The van der Waals surface area contributed by atoms with Gasteiger partial charge in [-0.1, -0.05) is 40.9 Å². The first-order valence-corrected chi connectivity index (χ1v) is 8.36. The third-order valence-corrected chi connectivity index (χ3v) is 5.38. The summed E-state index contributed by atoms with van der Waals surface area (Å²) in [5.74, 6) is 0. The summed E-state index contributed by atoms with van der Waals surface area (Å²) in [4.78, 5) is -0.0106. The van der Waals surface area contributed by atoms with E-state index in [1.807, 2.05) is 0 Å². The summed E-state index contributed by atoms with van der Waals surface area (Å²) < 4.78 is 27.3. The minimum atomic E-state index is -3.89. The van der Waals surface area contributed by atoms with Gasteiger partial charge in [-0.25, -0.2) is 8.42 Å². The molecule has 4 nitrogen and oxygen atoms in total. The summed E-state index contributed by atoms with van der Waals surface area (Å²) >= 11 is 17.7. The summed E-state index contributed by atoms with van der Waals surface area (Å²) in [5.41, 5.74) is 6.62. The van der Waals surface area contributed by atoms with Crippen LogP contribution in [0.25, 0.3) is 0 Å². The average molecular weight is 366 g/mol. The first-order chi connectivity index (χ1) is 9.72. The highest BCUT2D eigenvalue weighted by Gasteiger charge is 2.20. The number of sulfonamides is 1. The molecule has 8 heteroatoms. The van der Waals surface area contributed by atoms with Gasteiger partial charge in [0, 0.05) is 10.7 Å². The van der Waals surface area contributed by atoms with Crippen LogP contribution < -0.4 is 10.5 Å². The van der Waals surface area contributed by atoms with E-state index in [4.69, 9.17) is 40.5 Å². The number of nitrogens with one attached hydrogen (secondary N) is 1. The fourth-order valence-electron chi connectivity index (χ4n) is 1.74. The number of nitrogens with two attached hydrogens (primary N) is 1. The zero-order valence-electron chi connectivity index (χ0n) is 10.8. The fourth-order valence-corrected chi connectivity index (χ4v) is 3.80. The lowest BCUT2D eigenvalue weighted by Gasteiger charge is -2.13. The lowest BCUT2D eigenvalue weighted by atomic mass is 10.2. The quantitative estimate of drug-likeness (QED) is 0.795. The number of rotatable bonds is 3. The van der Waals surface area contributed by atoms with E-state index in [0.717, 1.165) is 0 Å². The van der Waals surface area contributed by atoms with Crippen molar-refractivity contribution in [2.75, 3.05) is 10.5 Å². The van der Waals surface area contributed by atoms with Gasteiger partial charge in [-0.05, 0) is 36.8 Å². The van der Waals surface area contributed by atoms with Gasteiger partial charge in [-0.3, -0.25) is 4.72 Å². The lowest BCUT2D eigenvalue weighted by molar-refractivity contribution is 0.600. The molecule has 0 radical (unpaired) electrons. The maximum Gasteiger partial charge on any atom is 0.262 e. The zero-order chi connectivity index (χ0) is 15.8. The van der Waals surface area contributed by atoms with Crippen LogP contribution in [0.1, 0.15) is 5.56 Å². The van der Waals surface area contributed by atoms with Gasteiger partial charge in [0.2, 0.25) is 0 Å². The van der Waals surface area contributed by atoms with Crippen molar-refractivity contribution in [3.63, 3.8) is 0 Å². The Morgan fingerprint density at radius 1 is 1.14 bits per heavy atom. The molecule has 0 unspecified atom stereocenters. The third kappa shape index (κ3) is 3.37. The summed E-state index contributed by atoms with van der Waals surface area (Å²) in [7, 11) is -3.89. The number of halogens is 3. The monoisotopic (exact) mass is 364 g/mol. The molecule has 0 aromatic heterocycles. The predicted octanol–water partition coefficient (Wildman–Crippen LogP) is 4.34. The maximum absolute atomic E-state index is 12.5. The van der Waals surface area contributed by atoms with E-state index in [2.05, 4.69) is 4.72 Å². The van der Waals surface area contributed by atoms with Crippen LogP contribution in [0.2, 0.25) is 15.1 Å². The minimum Gasteiger partial charge on any atom is -0.398 e. The summed E-state index contributed by atoms with van der Waals surface area (Å²) in [6, 6.07) is 7.47. The summed E-state index contributed by atoms with van der Waals surface area (Å²) in [6.07, 6.45) is 0. The topological polar surface area (TPSA) is 72.2 Å². The zero-order valence-corrected chi connectivity index (χ0v) is 13.9. The highest BCUT2D eigenvalue weighted by molar-refractivity contribution is 7.92. The molecule has 0 spiro atoms. The van der Waals surface area contributed by atoms with Crippen molar-refractivity contribution >= 4 is 56.2 Å². The van der Waals surface area contributed by atoms with Crippen molar-refractivity contribution in [2.45, 2.75) is 11.8 Å². The second kappa shape index (κ2) is 5.93. The Hall–Kier alpha value is -1.14. The molecule has 0 saturated carbocycles. The van der Waals surface area contributed by atoms with Crippen LogP contribution >= 0.6 is 34.8 Å². The normalized spacial score (nSPS) is 11.4. The predicted molar refractivity (Wildman–Crippen MR) is 87.9 cm³/mol. The van der Waals surface area contributed by atoms with Gasteiger partial charge in [0.1, 0.15) is 0 Å². The van der Waals surface area contributed by atoms with Crippen molar-refractivity contribution in [3.05, 3.63) is 51.0 Å². The van der Waals surface area contributed by atoms with Crippen LogP contribution in [0.3, 0.4) is 0 Å². The molecular weight excluding hydrogens is 355 g/mol. The second-order valence-electron chi connectivity index (χ2n) is 4.33. The lowest BCUT2D eigenvalue weighted by Crippen LogP contribution is -2.15. The molecule has 0 aliphatic heterocycles. The molecule has 3 N–H and O–H groups in total. The first-order valence-electron chi connectivity index (χ1n) is 5.75. The Morgan fingerprint density at radius 2 is 1.81 bits per heavy atom. The molecule has 2 aromatic rings. The van der Waals surface area contributed by atoms with Crippen molar-refractivity contribution in [1.82, 2.24) is 0 Å². The summed E-state index contributed by atoms with van der Waals surface area (Å²) in [6.45, 7) is 1.60. The van der Waals surface area contributed by atoms with E-state index in [1.165, 1.54) is 18.2 Å². The number of hydrogen-bond acceptors (Lipinski definition) is 3. The SMILES string of the molecule is Cc1c(N)cc(Cl)cc1S(=O)(=O)Nc1cccc(Cl)c1Cl. The maximum atomic E-state index is 12.5. The van der Waals surface area contributed by atoms with Crippen molar-refractivity contribution < 1.29 is 8.42 Å². The summed E-state index contributed by atoms with van der Waals surface area (Å²) in [5, 5.41) is 0.602. The third-order valence-electron chi connectivity index (χ3n) is 2.85. The molecule has 0 aliphatic rings. The molecule has 0 saturated heterocycles. The Balaban J connectivity index is 2.51. The van der Waals surface area contributed by atoms with E-state index in [0.29, 0.717) is 11.3 Å². The van der Waals surface area contributed by atoms with Gasteiger partial charge in [0.05, 0.1) is 20.6 Å². The Labute approximate surface area is 137 Å². The smallest absolute Gasteiger partial charge is 0.262 e. The highest BCUT2D eigenvalue weighted by Crippen LogP contribution is 2.33. The van der Waals surface area contributed by atoms with Crippen LogP contribution in [0, 0.1) is 6.92 Å². The van der Waals surface area contributed by atoms with Crippen molar-refractivity contribution in [2.24, 2.45) is 0 Å². The van der Waals surface area contributed by atoms with Gasteiger partial charge < -0.3 is 5.73 Å². The van der Waals surface area contributed by atoms with E-state index >= 15 is 0 Å². The number of anilines is 2. The molecule has 2 aromatic carbocycles. The van der Waals surface area contributed by atoms with Crippen LogP contribution in [-0.2, 0) is 10.0 Å². The van der Waals surface area contributed by atoms with Crippen LogP contribution in [-0.4, -0.2) is 8.42 Å². The first kappa shape index (κ1) is 16.2. The Kier molecular flexibility index (Phi) is 4.58. The molecule has 2 rings (SSSR count). The average Bonchev–Trinajstić information content (AvgIpc) is 2.39. The molecule has 0 bridgehead atoms. The number of nitrogen functional groups attached to an aromatic ring is 1. The largest absolute Gasteiger partial charge is 0.398 e. The molecular formula is C13H11Cl3N2O2S. The van der Waals surface area contributed by atoms with Crippen LogP contribution in [0.15, 0.2) is 35.2 Å². The van der Waals surface area contributed by atoms with Crippen molar-refractivity contribution in [3.8, 4) is 0 Å². The Bertz CT molecular complexity index is 807. The highest BCUT2D eigenvalue weighted by atomic mass is 35.5. The van der Waals surface area contributed by atoms with E-state index < -0.39 is 10.0 Å². The molecule has 0 fully saturated rings. The molecule has 0 aliphatic carbocycles. The van der Waals surface area contributed by atoms with Gasteiger partial charge in [-0.15, -0.1) is 0 Å². The number of hydrogen-bond donors (Lipinski definition) is 2. The molecule has 0 amide bonds. The van der Waals surface area contributed by atoms with Crippen molar-refractivity contribution in [1.29, 1.82) is 0 Å². The van der Waals surface area contributed by atoms with Crippen LogP contribution in [0.5, 0.6) is 0 Å². The minimum absolute atomic E-state index is 0.0106. The van der Waals surface area contributed by atoms with Gasteiger partial charge in [0.25, 0.3) is 10.0 Å². The van der Waals surface area contributed by atoms with Crippen LogP contribution in [0.4, 0.5) is 11.4 Å².